The number of nitrogens with zero attached hydrogens (tertiary/aromatic N) is 3. The van der Waals surface area contributed by atoms with Crippen molar-refractivity contribution in [2.45, 2.75) is 58.9 Å². The number of esters is 1. The Morgan fingerprint density at radius 2 is 2.03 bits per heavy atom. The summed E-state index contributed by atoms with van der Waals surface area (Å²) >= 11 is 0. The molecule has 0 spiro atoms. The maximum Gasteiger partial charge on any atom is 0.309 e. The monoisotopic (exact) mass is 434 g/mol. The number of carbonyl (C=O) groups excluding carboxylic acids is 2. The van der Waals surface area contributed by atoms with Gasteiger partial charge in [-0.05, 0) is 71.5 Å². The van der Waals surface area contributed by atoms with Gasteiger partial charge in [0.1, 0.15) is 5.69 Å². The molecule has 1 N–H and O–H groups in total. The van der Waals surface area contributed by atoms with Crippen LogP contribution in [0.2, 0.25) is 0 Å². The van der Waals surface area contributed by atoms with Crippen LogP contribution in [0.15, 0.2) is 0 Å². The quantitative estimate of drug-likeness (QED) is 0.690. The zero-order valence-corrected chi connectivity index (χ0v) is 19.3. The van der Waals surface area contributed by atoms with E-state index in [2.05, 4.69) is 24.2 Å². The van der Waals surface area contributed by atoms with Crippen LogP contribution >= 0.6 is 0 Å². The molecule has 2 aliphatic heterocycles. The Bertz CT molecular complexity index is 740. The highest BCUT2D eigenvalue weighted by atomic mass is 16.5. The van der Waals surface area contributed by atoms with E-state index in [0.29, 0.717) is 45.0 Å². The number of rotatable bonds is 6. The van der Waals surface area contributed by atoms with Gasteiger partial charge in [-0.3, -0.25) is 14.3 Å². The lowest BCUT2D eigenvalue weighted by molar-refractivity contribution is -0.151. The Morgan fingerprint density at radius 1 is 1.29 bits per heavy atom. The van der Waals surface area contributed by atoms with Gasteiger partial charge >= 0.3 is 5.97 Å². The first-order valence-corrected chi connectivity index (χ1v) is 11.8. The second-order valence-electron chi connectivity index (χ2n) is 8.93. The first kappa shape index (κ1) is 23.7. The van der Waals surface area contributed by atoms with Crippen molar-refractivity contribution in [1.82, 2.24) is 20.0 Å². The first-order valence-electron chi connectivity index (χ1n) is 11.8. The first-order chi connectivity index (χ1) is 15.0. The number of amides is 1. The minimum Gasteiger partial charge on any atom is -0.465 e. The predicted octanol–water partition coefficient (Wildman–Crippen LogP) is 2.05. The molecule has 1 saturated heterocycles. The summed E-state index contributed by atoms with van der Waals surface area (Å²) in [5.41, 5.74) is 2.63. The van der Waals surface area contributed by atoms with Gasteiger partial charge in [0.05, 0.1) is 18.2 Å². The number of nitrogens with one attached hydrogen (secondary N) is 1. The minimum atomic E-state index is -0.0742. The van der Waals surface area contributed by atoms with Crippen LogP contribution < -0.4 is 5.32 Å². The highest BCUT2D eigenvalue weighted by molar-refractivity contribution is 5.94. The van der Waals surface area contributed by atoms with Gasteiger partial charge < -0.3 is 19.7 Å². The van der Waals surface area contributed by atoms with E-state index in [0.717, 1.165) is 56.5 Å². The standard InChI is InChI=1S/C23H38N4O4/c1-4-27-21-19(7-5-13-30-14-6-10-24-22(21)28)20(25-27)15-17(2)16-31-23(29)18-8-11-26(3)12-9-18/h17-18H,4-16H2,1-3H3,(H,24,28)/t17-/m1/s1. The summed E-state index contributed by atoms with van der Waals surface area (Å²) in [5.74, 6) is 0.0220. The third-order valence-electron chi connectivity index (χ3n) is 6.22. The minimum absolute atomic E-state index is 0.0167. The van der Waals surface area contributed by atoms with Crippen LogP contribution in [0.3, 0.4) is 0 Å². The van der Waals surface area contributed by atoms with Gasteiger partial charge in [-0.1, -0.05) is 6.92 Å². The molecule has 0 radical (unpaired) electrons. The summed E-state index contributed by atoms with van der Waals surface area (Å²) in [7, 11) is 2.09. The van der Waals surface area contributed by atoms with Gasteiger partial charge in [-0.25, -0.2) is 0 Å². The maximum absolute atomic E-state index is 12.8. The van der Waals surface area contributed by atoms with Gasteiger partial charge in [0.2, 0.25) is 0 Å². The lowest BCUT2D eigenvalue weighted by Gasteiger charge is -2.27. The summed E-state index contributed by atoms with van der Waals surface area (Å²) < 4.78 is 13.1. The number of piperidine rings is 1. The van der Waals surface area contributed by atoms with Crippen LogP contribution in [-0.4, -0.2) is 73.1 Å². The number of aryl methyl sites for hydroxylation is 1. The third-order valence-corrected chi connectivity index (χ3v) is 6.22. The number of carbonyl (C=O) groups is 2. The van der Waals surface area contributed by atoms with E-state index in [-0.39, 0.29) is 23.7 Å². The number of hydrogen-bond donors (Lipinski definition) is 1. The van der Waals surface area contributed by atoms with Gasteiger partial charge in [-0.2, -0.15) is 5.10 Å². The zero-order chi connectivity index (χ0) is 22.2. The van der Waals surface area contributed by atoms with Crippen LogP contribution in [0.1, 0.15) is 61.3 Å². The van der Waals surface area contributed by atoms with Crippen molar-refractivity contribution in [2.75, 3.05) is 46.5 Å². The van der Waals surface area contributed by atoms with Crippen LogP contribution in [0.5, 0.6) is 0 Å². The lowest BCUT2D eigenvalue weighted by Crippen LogP contribution is -2.34. The number of ether oxygens (including phenoxy) is 2. The maximum atomic E-state index is 12.8. The highest BCUT2D eigenvalue weighted by Gasteiger charge is 2.27. The molecule has 1 atom stereocenters. The van der Waals surface area contributed by atoms with E-state index >= 15 is 0 Å². The Labute approximate surface area is 185 Å². The van der Waals surface area contributed by atoms with Crippen molar-refractivity contribution in [1.29, 1.82) is 0 Å². The van der Waals surface area contributed by atoms with Gasteiger partial charge in [0, 0.05) is 31.9 Å². The van der Waals surface area contributed by atoms with Crippen molar-refractivity contribution in [3.63, 3.8) is 0 Å². The molecule has 1 fully saturated rings. The molecule has 174 valence electrons. The average molecular weight is 435 g/mol. The number of aromatic nitrogens is 2. The SMILES string of the molecule is CCn1nc(C[C@@H](C)COC(=O)C2CCN(C)CC2)c2c1C(=O)NCCCOCCC2. The van der Waals surface area contributed by atoms with E-state index in [1.807, 2.05) is 11.6 Å². The van der Waals surface area contributed by atoms with Crippen LogP contribution in [0.25, 0.3) is 0 Å². The molecule has 0 unspecified atom stereocenters. The van der Waals surface area contributed by atoms with Crippen molar-refractivity contribution >= 4 is 11.9 Å². The number of likely N-dealkylation sites (tertiary alicyclic amines) is 1. The molecule has 1 aromatic rings. The van der Waals surface area contributed by atoms with Crippen molar-refractivity contribution in [3.8, 4) is 0 Å². The van der Waals surface area contributed by atoms with Gasteiger partial charge in [0.25, 0.3) is 5.91 Å². The third kappa shape index (κ3) is 6.53. The Balaban J connectivity index is 1.64. The molecule has 2 aliphatic rings. The molecule has 31 heavy (non-hydrogen) atoms. The molecule has 3 rings (SSSR count). The Kier molecular flexibility index (Phi) is 8.90. The van der Waals surface area contributed by atoms with E-state index in [9.17, 15) is 9.59 Å². The summed E-state index contributed by atoms with van der Waals surface area (Å²) in [6, 6.07) is 0. The summed E-state index contributed by atoms with van der Waals surface area (Å²) in [6.07, 6.45) is 4.87. The fraction of sp³-hybridized carbons (Fsp3) is 0.783. The summed E-state index contributed by atoms with van der Waals surface area (Å²) in [6.45, 7) is 8.96. The second kappa shape index (κ2) is 11.6. The fourth-order valence-corrected chi connectivity index (χ4v) is 4.35. The molecule has 0 bridgehead atoms. The molecular formula is C23H38N4O4. The topological polar surface area (TPSA) is 85.7 Å². The number of fused-ring (bicyclic) bond motifs is 1. The second-order valence-corrected chi connectivity index (χ2v) is 8.93. The molecular weight excluding hydrogens is 396 g/mol. The van der Waals surface area contributed by atoms with Crippen molar-refractivity contribution in [3.05, 3.63) is 17.0 Å². The van der Waals surface area contributed by atoms with Crippen LogP contribution in [0.4, 0.5) is 0 Å². The van der Waals surface area contributed by atoms with E-state index in [1.54, 1.807) is 0 Å². The lowest BCUT2D eigenvalue weighted by atomic mass is 9.97. The largest absolute Gasteiger partial charge is 0.465 e. The molecule has 0 aliphatic carbocycles. The predicted molar refractivity (Wildman–Crippen MR) is 118 cm³/mol. The molecule has 8 heteroatoms. The molecule has 3 heterocycles. The van der Waals surface area contributed by atoms with Gasteiger partial charge in [0.15, 0.2) is 0 Å². The van der Waals surface area contributed by atoms with Crippen molar-refractivity contribution < 1.29 is 19.1 Å². The van der Waals surface area contributed by atoms with Crippen molar-refractivity contribution in [2.24, 2.45) is 11.8 Å². The Hall–Kier alpha value is -1.93. The molecule has 8 nitrogen and oxygen atoms in total. The van der Waals surface area contributed by atoms with E-state index in [1.165, 1.54) is 0 Å². The summed E-state index contributed by atoms with van der Waals surface area (Å²) in [4.78, 5) is 27.5. The molecule has 1 aromatic heterocycles. The van der Waals surface area contributed by atoms with Crippen LogP contribution in [0, 0.1) is 11.8 Å². The zero-order valence-electron chi connectivity index (χ0n) is 19.3. The molecule has 1 amide bonds. The molecule has 0 saturated carbocycles. The highest BCUT2D eigenvalue weighted by Crippen LogP contribution is 2.22. The summed E-state index contributed by atoms with van der Waals surface area (Å²) in [5, 5.41) is 7.77. The normalized spacial score (nSPS) is 20.4. The smallest absolute Gasteiger partial charge is 0.309 e. The fourth-order valence-electron chi connectivity index (χ4n) is 4.35. The van der Waals surface area contributed by atoms with E-state index < -0.39 is 0 Å². The Morgan fingerprint density at radius 3 is 2.77 bits per heavy atom. The average Bonchev–Trinajstić information content (AvgIpc) is 3.09. The van der Waals surface area contributed by atoms with Crippen LogP contribution in [-0.2, 0) is 33.7 Å². The molecule has 0 aromatic carbocycles. The van der Waals surface area contributed by atoms with Gasteiger partial charge in [-0.15, -0.1) is 0 Å². The number of hydrogen-bond acceptors (Lipinski definition) is 6. The van der Waals surface area contributed by atoms with E-state index in [4.69, 9.17) is 14.6 Å².